The predicted molar refractivity (Wildman–Crippen MR) is 75.6 cm³/mol. The molecule has 1 amide bonds. The van der Waals surface area contributed by atoms with Crippen LogP contribution in [0, 0.1) is 5.82 Å². The zero-order valence-corrected chi connectivity index (χ0v) is 11.3. The van der Waals surface area contributed by atoms with E-state index in [0.717, 1.165) is 5.56 Å². The minimum atomic E-state index is -0.373. The van der Waals surface area contributed by atoms with Gasteiger partial charge in [0.15, 0.2) is 0 Å². The zero-order chi connectivity index (χ0) is 14.5. The molecule has 0 aromatic heterocycles. The molecule has 3 nitrogen and oxygen atoms in total. The van der Waals surface area contributed by atoms with E-state index in [4.69, 9.17) is 11.6 Å². The Hall–Kier alpha value is -2.07. The molecule has 0 aliphatic heterocycles. The average molecular weight is 294 g/mol. The average Bonchev–Trinajstić information content (AvgIpc) is 2.41. The molecule has 0 atom stereocenters. The summed E-state index contributed by atoms with van der Waals surface area (Å²) in [6, 6.07) is 10.4. The third-order valence-corrected chi connectivity index (χ3v) is 3.11. The summed E-state index contributed by atoms with van der Waals surface area (Å²) in [5.41, 5.74) is 1.01. The lowest BCUT2D eigenvalue weighted by atomic mass is 10.1. The zero-order valence-electron chi connectivity index (χ0n) is 10.6. The van der Waals surface area contributed by atoms with E-state index >= 15 is 0 Å². The van der Waals surface area contributed by atoms with Crippen molar-refractivity contribution in [3.8, 4) is 5.75 Å². The fourth-order valence-electron chi connectivity index (χ4n) is 1.80. The number of carbonyl (C=O) groups is 1. The smallest absolute Gasteiger partial charge is 0.252 e. The maximum absolute atomic E-state index is 13.0. The number of halogens is 2. The van der Waals surface area contributed by atoms with Gasteiger partial charge in [-0.2, -0.15) is 0 Å². The first-order valence-corrected chi connectivity index (χ1v) is 6.45. The van der Waals surface area contributed by atoms with Gasteiger partial charge < -0.3 is 10.4 Å². The van der Waals surface area contributed by atoms with Gasteiger partial charge in [0.05, 0.1) is 10.6 Å². The lowest BCUT2D eigenvalue weighted by Gasteiger charge is -2.07. The molecule has 2 N–H and O–H groups in total. The Morgan fingerprint density at radius 2 is 2.05 bits per heavy atom. The van der Waals surface area contributed by atoms with E-state index in [0.29, 0.717) is 13.0 Å². The SMILES string of the molecule is O=C(NCCc1cccc(F)c1)c1cc(O)ccc1Cl. The standard InChI is InChI=1S/C15H13ClFNO2/c16-14-5-4-12(19)9-13(14)15(20)18-7-6-10-2-1-3-11(17)8-10/h1-5,8-9,19H,6-7H2,(H,18,20). The van der Waals surface area contributed by atoms with Gasteiger partial charge in [-0.15, -0.1) is 0 Å². The van der Waals surface area contributed by atoms with E-state index in [1.54, 1.807) is 12.1 Å². The Morgan fingerprint density at radius 1 is 1.25 bits per heavy atom. The third-order valence-electron chi connectivity index (χ3n) is 2.78. The molecule has 2 aromatic carbocycles. The first-order valence-electron chi connectivity index (χ1n) is 6.07. The Labute approximate surface area is 121 Å². The summed E-state index contributed by atoms with van der Waals surface area (Å²) in [6.45, 7) is 0.355. The number of phenolic OH excluding ortho intramolecular Hbond substituents is 1. The quantitative estimate of drug-likeness (QED) is 0.910. The van der Waals surface area contributed by atoms with E-state index in [1.807, 2.05) is 0 Å². The summed E-state index contributed by atoms with van der Waals surface area (Å²) >= 11 is 5.89. The molecule has 0 bridgehead atoms. The van der Waals surface area contributed by atoms with Gasteiger partial charge in [0.1, 0.15) is 11.6 Å². The highest BCUT2D eigenvalue weighted by Crippen LogP contribution is 2.20. The number of phenols is 1. The van der Waals surface area contributed by atoms with Crippen LogP contribution in [0.5, 0.6) is 5.75 Å². The van der Waals surface area contributed by atoms with Gasteiger partial charge in [0.2, 0.25) is 0 Å². The minimum Gasteiger partial charge on any atom is -0.508 e. The van der Waals surface area contributed by atoms with Crippen LogP contribution in [0.25, 0.3) is 0 Å². The molecule has 2 aromatic rings. The van der Waals surface area contributed by atoms with Crippen LogP contribution in [0.2, 0.25) is 5.02 Å². The Balaban J connectivity index is 1.94. The van der Waals surface area contributed by atoms with Gasteiger partial charge in [0.25, 0.3) is 5.91 Å². The van der Waals surface area contributed by atoms with Crippen LogP contribution in [-0.2, 0) is 6.42 Å². The molecule has 20 heavy (non-hydrogen) atoms. The molecule has 0 fully saturated rings. The van der Waals surface area contributed by atoms with Crippen LogP contribution >= 0.6 is 11.6 Å². The molecular weight excluding hydrogens is 281 g/mol. The molecule has 104 valence electrons. The van der Waals surface area contributed by atoms with E-state index in [2.05, 4.69) is 5.32 Å². The Morgan fingerprint density at radius 3 is 2.80 bits per heavy atom. The molecule has 5 heteroatoms. The highest BCUT2D eigenvalue weighted by atomic mass is 35.5. The number of hydrogen-bond donors (Lipinski definition) is 2. The van der Waals surface area contributed by atoms with Crippen molar-refractivity contribution < 1.29 is 14.3 Å². The Bertz CT molecular complexity index is 631. The summed E-state index contributed by atoms with van der Waals surface area (Å²) in [4.78, 5) is 11.9. The maximum Gasteiger partial charge on any atom is 0.252 e. The highest BCUT2D eigenvalue weighted by Gasteiger charge is 2.10. The summed E-state index contributed by atoms with van der Waals surface area (Å²) in [5, 5.41) is 12.3. The Kier molecular flexibility index (Phi) is 4.58. The molecule has 0 aliphatic rings. The van der Waals surface area contributed by atoms with Crippen LogP contribution in [0.3, 0.4) is 0 Å². The lowest BCUT2D eigenvalue weighted by Crippen LogP contribution is -2.25. The van der Waals surface area contributed by atoms with E-state index in [-0.39, 0.29) is 28.1 Å². The molecule has 0 heterocycles. The topological polar surface area (TPSA) is 49.3 Å². The summed E-state index contributed by atoms with van der Waals surface area (Å²) in [7, 11) is 0. The van der Waals surface area contributed by atoms with E-state index < -0.39 is 0 Å². The number of amides is 1. The van der Waals surface area contributed by atoms with Crippen LogP contribution in [0.4, 0.5) is 4.39 Å². The summed E-state index contributed by atoms with van der Waals surface area (Å²) in [5.74, 6) is -0.697. The van der Waals surface area contributed by atoms with Gasteiger partial charge in [-0.25, -0.2) is 4.39 Å². The fourth-order valence-corrected chi connectivity index (χ4v) is 2.00. The molecule has 0 radical (unpaired) electrons. The number of rotatable bonds is 4. The lowest BCUT2D eigenvalue weighted by molar-refractivity contribution is 0.0954. The largest absolute Gasteiger partial charge is 0.508 e. The number of nitrogens with one attached hydrogen (secondary N) is 1. The fraction of sp³-hybridized carbons (Fsp3) is 0.133. The summed E-state index contributed by atoms with van der Waals surface area (Å²) < 4.78 is 13.0. The van der Waals surface area contributed by atoms with Gasteiger partial charge in [-0.3, -0.25) is 4.79 Å². The molecule has 0 aliphatic carbocycles. The first kappa shape index (κ1) is 14.3. The first-order chi connectivity index (χ1) is 9.56. The molecule has 2 rings (SSSR count). The van der Waals surface area contributed by atoms with E-state index in [9.17, 15) is 14.3 Å². The van der Waals surface area contributed by atoms with Crippen molar-refractivity contribution in [3.05, 3.63) is 64.4 Å². The highest BCUT2D eigenvalue weighted by molar-refractivity contribution is 6.33. The van der Waals surface area contributed by atoms with Crippen molar-refractivity contribution >= 4 is 17.5 Å². The monoisotopic (exact) mass is 293 g/mol. The van der Waals surface area contributed by atoms with Crippen molar-refractivity contribution in [2.24, 2.45) is 0 Å². The number of aromatic hydroxyl groups is 1. The second-order valence-electron chi connectivity index (χ2n) is 4.30. The third kappa shape index (κ3) is 3.71. The maximum atomic E-state index is 13.0. The minimum absolute atomic E-state index is 0.0234. The number of carbonyl (C=O) groups excluding carboxylic acids is 1. The van der Waals surface area contributed by atoms with Crippen LogP contribution < -0.4 is 5.32 Å². The molecule has 0 unspecified atom stereocenters. The van der Waals surface area contributed by atoms with Gasteiger partial charge in [0, 0.05) is 6.54 Å². The molecule has 0 saturated carbocycles. The van der Waals surface area contributed by atoms with Crippen LogP contribution in [0.15, 0.2) is 42.5 Å². The number of hydrogen-bond acceptors (Lipinski definition) is 2. The van der Waals surface area contributed by atoms with Crippen molar-refractivity contribution in [1.29, 1.82) is 0 Å². The molecule has 0 spiro atoms. The van der Waals surface area contributed by atoms with Gasteiger partial charge in [-0.1, -0.05) is 23.7 Å². The van der Waals surface area contributed by atoms with Crippen LogP contribution in [0.1, 0.15) is 15.9 Å². The van der Waals surface area contributed by atoms with E-state index in [1.165, 1.54) is 30.3 Å². The number of benzene rings is 2. The van der Waals surface area contributed by atoms with Crippen LogP contribution in [-0.4, -0.2) is 17.6 Å². The van der Waals surface area contributed by atoms with Crippen molar-refractivity contribution in [1.82, 2.24) is 5.32 Å². The second-order valence-corrected chi connectivity index (χ2v) is 4.71. The van der Waals surface area contributed by atoms with Gasteiger partial charge in [-0.05, 0) is 42.3 Å². The molecular formula is C15H13ClFNO2. The predicted octanol–water partition coefficient (Wildman–Crippen LogP) is 3.16. The van der Waals surface area contributed by atoms with Crippen molar-refractivity contribution in [2.45, 2.75) is 6.42 Å². The summed E-state index contributed by atoms with van der Waals surface area (Å²) in [6.07, 6.45) is 0.514. The molecule has 0 saturated heterocycles. The van der Waals surface area contributed by atoms with Gasteiger partial charge >= 0.3 is 0 Å². The normalized spacial score (nSPS) is 10.3. The second kappa shape index (κ2) is 6.39. The van der Waals surface area contributed by atoms with Crippen molar-refractivity contribution in [2.75, 3.05) is 6.54 Å². The van der Waals surface area contributed by atoms with Crippen molar-refractivity contribution in [3.63, 3.8) is 0 Å².